The lowest BCUT2D eigenvalue weighted by atomic mass is 9.86. The minimum absolute atomic E-state index is 0.143. The normalized spacial score (nSPS) is 22.3. The van der Waals surface area contributed by atoms with Crippen molar-refractivity contribution in [2.45, 2.75) is 25.5 Å². The number of hydrogen-bond donors (Lipinski definition) is 2. The summed E-state index contributed by atoms with van der Waals surface area (Å²) in [5, 5.41) is 22.2. The monoisotopic (exact) mass is 196 g/mol. The van der Waals surface area contributed by atoms with Gasteiger partial charge in [-0.25, -0.2) is 4.68 Å². The van der Waals surface area contributed by atoms with Gasteiger partial charge in [-0.1, -0.05) is 0 Å². The summed E-state index contributed by atoms with van der Waals surface area (Å²) in [6.07, 6.45) is 4.43. The van der Waals surface area contributed by atoms with Crippen LogP contribution >= 0.6 is 0 Å². The van der Waals surface area contributed by atoms with Gasteiger partial charge in [0.2, 0.25) is 0 Å². The molecule has 2 heterocycles. The zero-order chi connectivity index (χ0) is 9.97. The fraction of sp³-hybridized carbons (Fsp3) is 0.625. The number of aromatic nitrogens is 2. The summed E-state index contributed by atoms with van der Waals surface area (Å²) in [5.41, 5.74) is 0.386. The minimum atomic E-state index is -1.48. The Bertz CT molecular complexity index is 297. The summed E-state index contributed by atoms with van der Waals surface area (Å²) in [6.45, 7) is 0.714. The smallest absolute Gasteiger partial charge is 0.422 e. The van der Waals surface area contributed by atoms with Gasteiger partial charge in [-0.3, -0.25) is 0 Å². The van der Waals surface area contributed by atoms with Crippen LogP contribution in [0.1, 0.15) is 25.5 Å². The van der Waals surface area contributed by atoms with Crippen LogP contribution < -0.4 is 5.59 Å². The molecular weight excluding hydrogens is 183 g/mol. The van der Waals surface area contributed by atoms with Crippen molar-refractivity contribution >= 4 is 12.7 Å². The molecule has 1 aliphatic rings. The molecular formula is C8H13BN2O3. The van der Waals surface area contributed by atoms with Crippen molar-refractivity contribution in [1.29, 1.82) is 0 Å². The molecule has 0 bridgehead atoms. The van der Waals surface area contributed by atoms with E-state index in [9.17, 15) is 0 Å². The first-order valence-electron chi connectivity index (χ1n) is 4.80. The lowest BCUT2D eigenvalue weighted by Gasteiger charge is -2.24. The molecule has 1 fully saturated rings. The van der Waals surface area contributed by atoms with Gasteiger partial charge in [0.15, 0.2) is 0 Å². The van der Waals surface area contributed by atoms with E-state index >= 15 is 0 Å². The number of hydrogen-bond acceptors (Lipinski definition) is 4. The van der Waals surface area contributed by atoms with Crippen molar-refractivity contribution in [1.82, 2.24) is 9.78 Å². The molecule has 2 N–H and O–H groups in total. The van der Waals surface area contributed by atoms with E-state index in [0.717, 1.165) is 19.3 Å². The van der Waals surface area contributed by atoms with Crippen molar-refractivity contribution < 1.29 is 14.8 Å². The van der Waals surface area contributed by atoms with Crippen molar-refractivity contribution in [3.63, 3.8) is 0 Å². The van der Waals surface area contributed by atoms with Gasteiger partial charge in [-0.2, -0.15) is 5.10 Å². The van der Waals surface area contributed by atoms with Gasteiger partial charge in [0, 0.05) is 12.8 Å². The van der Waals surface area contributed by atoms with Crippen molar-refractivity contribution in [2.24, 2.45) is 0 Å². The molecule has 76 valence electrons. The molecule has 0 unspecified atom stereocenters. The van der Waals surface area contributed by atoms with Crippen LogP contribution in [0.4, 0.5) is 0 Å². The molecule has 0 spiro atoms. The van der Waals surface area contributed by atoms with Crippen molar-refractivity contribution in [2.75, 3.05) is 6.61 Å². The van der Waals surface area contributed by atoms with Crippen molar-refractivity contribution in [3.05, 3.63) is 12.3 Å². The highest BCUT2D eigenvalue weighted by atomic mass is 16.5. The Morgan fingerprint density at radius 1 is 1.50 bits per heavy atom. The lowest BCUT2D eigenvalue weighted by molar-refractivity contribution is -0.0379. The summed E-state index contributed by atoms with van der Waals surface area (Å²) in [7, 11) is -1.48. The summed E-state index contributed by atoms with van der Waals surface area (Å²) < 4.78 is 7.04. The maximum Gasteiger partial charge on any atom is 0.507 e. The summed E-state index contributed by atoms with van der Waals surface area (Å²) >= 11 is 0. The third-order valence-corrected chi connectivity index (χ3v) is 2.39. The Hall–Kier alpha value is -0.845. The molecule has 1 aromatic heterocycles. The van der Waals surface area contributed by atoms with Crippen LogP contribution in [0, 0.1) is 0 Å². The van der Waals surface area contributed by atoms with Gasteiger partial charge in [0.25, 0.3) is 0 Å². The molecule has 0 aliphatic carbocycles. The summed E-state index contributed by atoms with van der Waals surface area (Å²) in [4.78, 5) is 0. The first-order chi connectivity index (χ1) is 6.79. The zero-order valence-electron chi connectivity index (χ0n) is 7.83. The molecule has 0 amide bonds. The highest BCUT2D eigenvalue weighted by molar-refractivity contribution is 6.57. The molecule has 1 saturated heterocycles. The standard InChI is InChI=1S/C8H13BN2O3/c12-9(13)7-4-5-10-11(7)8-3-1-2-6-14-8/h4-5,8,12-13H,1-3,6H2/t8-/m1/s1. The minimum Gasteiger partial charge on any atom is -0.422 e. The number of nitrogens with zero attached hydrogens (tertiary/aromatic N) is 2. The Kier molecular flexibility index (Phi) is 2.86. The first-order valence-corrected chi connectivity index (χ1v) is 4.80. The van der Waals surface area contributed by atoms with Crippen LogP contribution in [0.15, 0.2) is 12.3 Å². The SMILES string of the molecule is OB(O)c1ccnn1[C@H]1CCCCO1. The van der Waals surface area contributed by atoms with Gasteiger partial charge < -0.3 is 14.8 Å². The van der Waals surface area contributed by atoms with Gasteiger partial charge in [-0.15, -0.1) is 0 Å². The predicted octanol–water partition coefficient (Wildman–Crippen LogP) is -0.738. The second-order valence-corrected chi connectivity index (χ2v) is 3.40. The summed E-state index contributed by atoms with van der Waals surface area (Å²) in [6, 6.07) is 1.59. The van der Waals surface area contributed by atoms with E-state index in [2.05, 4.69) is 5.10 Å². The van der Waals surface area contributed by atoms with E-state index in [0.29, 0.717) is 12.2 Å². The van der Waals surface area contributed by atoms with E-state index < -0.39 is 7.12 Å². The van der Waals surface area contributed by atoms with Crippen LogP contribution in [0.25, 0.3) is 0 Å². The van der Waals surface area contributed by atoms with E-state index in [1.54, 1.807) is 16.9 Å². The van der Waals surface area contributed by atoms with E-state index in [-0.39, 0.29) is 6.23 Å². The highest BCUT2D eigenvalue weighted by Crippen LogP contribution is 2.20. The molecule has 0 aromatic carbocycles. The summed E-state index contributed by atoms with van der Waals surface area (Å²) in [5.74, 6) is 0. The van der Waals surface area contributed by atoms with Crippen LogP contribution in [-0.2, 0) is 4.74 Å². The molecule has 1 atom stereocenters. The molecule has 0 saturated carbocycles. The molecule has 5 nitrogen and oxygen atoms in total. The molecule has 1 aromatic rings. The molecule has 0 radical (unpaired) electrons. The lowest BCUT2D eigenvalue weighted by Crippen LogP contribution is -2.39. The van der Waals surface area contributed by atoms with Crippen LogP contribution in [-0.4, -0.2) is 33.6 Å². The van der Waals surface area contributed by atoms with Crippen LogP contribution in [0.3, 0.4) is 0 Å². The van der Waals surface area contributed by atoms with Crippen LogP contribution in [0.2, 0.25) is 0 Å². The van der Waals surface area contributed by atoms with E-state index in [1.165, 1.54) is 0 Å². The van der Waals surface area contributed by atoms with E-state index in [1.807, 2.05) is 0 Å². The van der Waals surface area contributed by atoms with Crippen LogP contribution in [0.5, 0.6) is 0 Å². The fourth-order valence-corrected chi connectivity index (χ4v) is 1.69. The van der Waals surface area contributed by atoms with Gasteiger partial charge in [-0.05, 0) is 25.3 Å². The fourth-order valence-electron chi connectivity index (χ4n) is 1.69. The second-order valence-electron chi connectivity index (χ2n) is 3.40. The van der Waals surface area contributed by atoms with E-state index in [4.69, 9.17) is 14.8 Å². The number of rotatable bonds is 2. The Morgan fingerprint density at radius 3 is 3.00 bits per heavy atom. The average molecular weight is 196 g/mol. The van der Waals surface area contributed by atoms with Gasteiger partial charge in [0.1, 0.15) is 6.23 Å². The maximum absolute atomic E-state index is 9.06. The number of ether oxygens (including phenoxy) is 1. The second kappa shape index (κ2) is 4.12. The third kappa shape index (κ3) is 1.82. The molecule has 2 rings (SSSR count). The van der Waals surface area contributed by atoms with Gasteiger partial charge >= 0.3 is 7.12 Å². The van der Waals surface area contributed by atoms with Crippen molar-refractivity contribution in [3.8, 4) is 0 Å². The third-order valence-electron chi connectivity index (χ3n) is 2.39. The average Bonchev–Trinajstić information content (AvgIpc) is 2.67. The molecule has 1 aliphatic heterocycles. The highest BCUT2D eigenvalue weighted by Gasteiger charge is 2.23. The predicted molar refractivity (Wildman–Crippen MR) is 50.9 cm³/mol. The first kappa shape index (κ1) is 9.70. The molecule has 14 heavy (non-hydrogen) atoms. The molecule has 6 heteroatoms. The largest absolute Gasteiger partial charge is 0.507 e. The Labute approximate surface area is 82.5 Å². The van der Waals surface area contributed by atoms with Gasteiger partial charge in [0.05, 0.1) is 5.59 Å². The zero-order valence-corrected chi connectivity index (χ0v) is 7.83. The quantitative estimate of drug-likeness (QED) is 0.611. The Morgan fingerprint density at radius 2 is 2.36 bits per heavy atom. The Balaban J connectivity index is 2.17. The maximum atomic E-state index is 9.06. The topological polar surface area (TPSA) is 67.5 Å².